The molecule has 2 amide bonds. The zero-order valence-electron chi connectivity index (χ0n) is 14.8. The average Bonchev–Trinajstić information content (AvgIpc) is 2.61. The van der Waals surface area contributed by atoms with Crippen LogP contribution < -0.4 is 10.6 Å². The van der Waals surface area contributed by atoms with Crippen LogP contribution in [0.4, 0.5) is 42.1 Å². The molecule has 0 atom stereocenters. The summed E-state index contributed by atoms with van der Waals surface area (Å²) in [6.45, 7) is -2.85. The number of amides is 2. The number of hydrogen-bond donors (Lipinski definition) is 2. The van der Waals surface area contributed by atoms with Crippen molar-refractivity contribution >= 4 is 23.2 Å². The third-order valence-electron chi connectivity index (χ3n) is 3.46. The number of benzene rings is 2. The molecule has 12 heteroatoms. The van der Waals surface area contributed by atoms with E-state index in [0.717, 1.165) is 36.4 Å². The summed E-state index contributed by atoms with van der Waals surface area (Å²) in [5, 5.41) is 4.01. The van der Waals surface area contributed by atoms with Gasteiger partial charge in [0.15, 0.2) is 0 Å². The number of hydrogen-bond acceptors (Lipinski definition) is 3. The molecule has 0 unspecified atom stereocenters. The van der Waals surface area contributed by atoms with Gasteiger partial charge in [-0.05, 0) is 42.5 Å². The minimum absolute atomic E-state index is 0.0100. The number of alkyl halides is 6. The highest BCUT2D eigenvalue weighted by molar-refractivity contribution is 6.04. The maximum Gasteiger partial charge on any atom is 0.418 e. The predicted octanol–water partition coefficient (Wildman–Crippen LogP) is 4.61. The SMILES string of the molecule is O=C(COCC(F)(F)F)Nc1ccc(NC(=O)c2ccc(F)cc2)cc1C(F)(F)F. The molecule has 2 aromatic carbocycles. The highest BCUT2D eigenvalue weighted by atomic mass is 19.4. The van der Waals surface area contributed by atoms with Gasteiger partial charge in [-0.1, -0.05) is 0 Å². The van der Waals surface area contributed by atoms with Gasteiger partial charge in [0, 0.05) is 11.3 Å². The Balaban J connectivity index is 2.14. The molecule has 5 nitrogen and oxygen atoms in total. The fourth-order valence-electron chi connectivity index (χ4n) is 2.22. The van der Waals surface area contributed by atoms with Gasteiger partial charge in [0.2, 0.25) is 5.91 Å². The van der Waals surface area contributed by atoms with Crippen molar-refractivity contribution in [2.75, 3.05) is 23.8 Å². The van der Waals surface area contributed by atoms with Crippen molar-refractivity contribution in [1.29, 1.82) is 0 Å². The Labute approximate surface area is 164 Å². The topological polar surface area (TPSA) is 67.4 Å². The van der Waals surface area contributed by atoms with E-state index in [9.17, 15) is 40.3 Å². The van der Waals surface area contributed by atoms with Crippen molar-refractivity contribution in [3.8, 4) is 0 Å². The first-order chi connectivity index (χ1) is 13.8. The Morgan fingerprint density at radius 2 is 1.53 bits per heavy atom. The van der Waals surface area contributed by atoms with Gasteiger partial charge >= 0.3 is 12.4 Å². The maximum atomic E-state index is 13.3. The number of carbonyl (C=O) groups is 2. The van der Waals surface area contributed by atoms with Crippen LogP contribution in [0.5, 0.6) is 0 Å². The lowest BCUT2D eigenvalue weighted by molar-refractivity contribution is -0.174. The van der Waals surface area contributed by atoms with Crippen LogP contribution in [0.25, 0.3) is 0 Å². The maximum absolute atomic E-state index is 13.3. The molecule has 162 valence electrons. The van der Waals surface area contributed by atoms with E-state index in [1.165, 1.54) is 0 Å². The molecule has 0 bridgehead atoms. The van der Waals surface area contributed by atoms with Crippen LogP contribution in [0.1, 0.15) is 15.9 Å². The Morgan fingerprint density at radius 1 is 0.900 bits per heavy atom. The van der Waals surface area contributed by atoms with Crippen LogP contribution in [0.3, 0.4) is 0 Å². The summed E-state index contributed by atoms with van der Waals surface area (Å²) >= 11 is 0. The highest BCUT2D eigenvalue weighted by Crippen LogP contribution is 2.36. The minimum Gasteiger partial charge on any atom is -0.362 e. The standard InChI is InChI=1S/C18H13F7N2O3/c19-11-3-1-10(2-4-11)16(29)26-12-5-6-14(13(7-12)18(23,24)25)27-15(28)8-30-9-17(20,21)22/h1-7H,8-9H2,(H,26,29)(H,27,28). The van der Waals surface area contributed by atoms with Gasteiger partial charge in [-0.2, -0.15) is 26.3 Å². The van der Waals surface area contributed by atoms with Crippen LogP contribution in [-0.2, 0) is 15.7 Å². The second kappa shape index (κ2) is 9.11. The molecule has 2 aromatic rings. The van der Waals surface area contributed by atoms with Crippen molar-refractivity contribution in [2.24, 2.45) is 0 Å². The summed E-state index contributed by atoms with van der Waals surface area (Å²) in [5.41, 5.74) is -2.36. The quantitative estimate of drug-likeness (QED) is 0.648. The zero-order chi connectivity index (χ0) is 22.5. The van der Waals surface area contributed by atoms with E-state index in [-0.39, 0.29) is 11.3 Å². The highest BCUT2D eigenvalue weighted by Gasteiger charge is 2.34. The summed E-state index contributed by atoms with van der Waals surface area (Å²) in [6.07, 6.45) is -9.64. The van der Waals surface area contributed by atoms with Gasteiger partial charge in [-0.15, -0.1) is 0 Å². The molecule has 30 heavy (non-hydrogen) atoms. The van der Waals surface area contributed by atoms with Crippen LogP contribution >= 0.6 is 0 Å². The van der Waals surface area contributed by atoms with Gasteiger partial charge in [-0.3, -0.25) is 9.59 Å². The molecule has 0 heterocycles. The molecule has 0 fully saturated rings. The van der Waals surface area contributed by atoms with E-state index in [2.05, 4.69) is 10.1 Å². The first kappa shape index (κ1) is 23.1. The van der Waals surface area contributed by atoms with Crippen molar-refractivity contribution in [2.45, 2.75) is 12.4 Å². The van der Waals surface area contributed by atoms with E-state index in [1.807, 2.05) is 5.32 Å². The smallest absolute Gasteiger partial charge is 0.362 e. The largest absolute Gasteiger partial charge is 0.418 e. The summed E-state index contributed by atoms with van der Waals surface area (Å²) in [4.78, 5) is 23.6. The lowest BCUT2D eigenvalue weighted by Gasteiger charge is -2.16. The predicted molar refractivity (Wildman–Crippen MR) is 91.3 cm³/mol. The summed E-state index contributed by atoms with van der Waals surface area (Å²) in [6, 6.07) is 6.65. The molecule has 0 saturated carbocycles. The zero-order valence-corrected chi connectivity index (χ0v) is 14.8. The monoisotopic (exact) mass is 438 g/mol. The molecule has 2 rings (SSSR count). The second-order valence-electron chi connectivity index (χ2n) is 5.88. The fourth-order valence-corrected chi connectivity index (χ4v) is 2.22. The van der Waals surface area contributed by atoms with Crippen molar-refractivity contribution in [1.82, 2.24) is 0 Å². The van der Waals surface area contributed by atoms with E-state index >= 15 is 0 Å². The van der Waals surface area contributed by atoms with Gasteiger partial charge in [0.05, 0.1) is 11.3 Å². The Kier molecular flexibility index (Phi) is 7.03. The molecule has 0 radical (unpaired) electrons. The van der Waals surface area contributed by atoms with Gasteiger partial charge in [0.1, 0.15) is 19.0 Å². The first-order valence-electron chi connectivity index (χ1n) is 8.07. The first-order valence-corrected chi connectivity index (χ1v) is 8.07. The fraction of sp³-hybridized carbons (Fsp3) is 0.222. The molecular weight excluding hydrogens is 425 g/mol. The van der Waals surface area contributed by atoms with Gasteiger partial charge < -0.3 is 15.4 Å². The van der Waals surface area contributed by atoms with Crippen LogP contribution in [0.2, 0.25) is 0 Å². The van der Waals surface area contributed by atoms with Crippen molar-refractivity contribution in [3.63, 3.8) is 0 Å². The minimum atomic E-state index is -4.95. The lowest BCUT2D eigenvalue weighted by atomic mass is 10.1. The molecule has 0 aliphatic rings. The Hall–Kier alpha value is -3.15. The van der Waals surface area contributed by atoms with Gasteiger partial charge in [-0.25, -0.2) is 4.39 Å². The second-order valence-corrected chi connectivity index (χ2v) is 5.88. The van der Waals surface area contributed by atoms with Crippen LogP contribution in [0, 0.1) is 5.82 Å². The molecular formula is C18H13F7N2O3. The number of halogens is 7. The molecule has 0 saturated heterocycles. The molecule has 0 aromatic heterocycles. The number of nitrogens with one attached hydrogen (secondary N) is 2. The molecule has 0 aliphatic heterocycles. The molecule has 0 spiro atoms. The van der Waals surface area contributed by atoms with Crippen molar-refractivity contribution in [3.05, 3.63) is 59.4 Å². The average molecular weight is 438 g/mol. The van der Waals surface area contributed by atoms with E-state index < -0.39 is 54.4 Å². The number of anilines is 2. The van der Waals surface area contributed by atoms with E-state index in [4.69, 9.17) is 0 Å². The summed E-state index contributed by atoms with van der Waals surface area (Å²) in [7, 11) is 0. The van der Waals surface area contributed by atoms with E-state index in [1.54, 1.807) is 0 Å². The Bertz CT molecular complexity index is 909. The third-order valence-corrected chi connectivity index (χ3v) is 3.46. The third kappa shape index (κ3) is 7.03. The number of ether oxygens (including phenoxy) is 1. The van der Waals surface area contributed by atoms with Gasteiger partial charge in [0.25, 0.3) is 5.91 Å². The lowest BCUT2D eigenvalue weighted by Crippen LogP contribution is -2.25. The normalized spacial score (nSPS) is 11.8. The summed E-state index contributed by atoms with van der Waals surface area (Å²) in [5.74, 6) is -2.64. The Morgan fingerprint density at radius 3 is 2.10 bits per heavy atom. The molecule has 2 N–H and O–H groups in total. The molecule has 0 aliphatic carbocycles. The number of rotatable bonds is 6. The van der Waals surface area contributed by atoms with Crippen LogP contribution in [-0.4, -0.2) is 31.2 Å². The number of carbonyl (C=O) groups excluding carboxylic acids is 2. The van der Waals surface area contributed by atoms with Crippen LogP contribution in [0.15, 0.2) is 42.5 Å². The summed E-state index contributed by atoms with van der Waals surface area (Å²) < 4.78 is 92.9. The van der Waals surface area contributed by atoms with E-state index in [0.29, 0.717) is 6.07 Å². The van der Waals surface area contributed by atoms with Crippen molar-refractivity contribution < 1.29 is 45.1 Å².